The maximum atomic E-state index is 11.9. The number of rotatable bonds is 7. The normalized spacial score (nSPS) is 12.9. The molecule has 3 N–H and O–H groups in total. The van der Waals surface area contributed by atoms with E-state index in [1.165, 1.54) is 7.11 Å². The van der Waals surface area contributed by atoms with Crippen molar-refractivity contribution in [3.63, 3.8) is 0 Å². The molecule has 0 fully saturated rings. The molecule has 0 aromatic rings. The Morgan fingerprint density at radius 2 is 2.13 bits per heavy atom. The van der Waals surface area contributed by atoms with Gasteiger partial charge in [-0.15, -0.1) is 0 Å². The van der Waals surface area contributed by atoms with Crippen molar-refractivity contribution in [1.29, 1.82) is 0 Å². The summed E-state index contributed by atoms with van der Waals surface area (Å²) in [4.78, 5) is 13.6. The van der Waals surface area contributed by atoms with E-state index in [2.05, 4.69) is 0 Å². The Morgan fingerprint density at radius 1 is 1.53 bits per heavy atom. The molecule has 0 saturated heterocycles. The number of ether oxygens (including phenoxy) is 1. The Bertz CT molecular complexity index is 182. The molecule has 0 aliphatic carbocycles. The van der Waals surface area contributed by atoms with Crippen LogP contribution in [0, 0.1) is 0 Å². The molecule has 5 nitrogen and oxygen atoms in total. The molecule has 0 aliphatic rings. The molecule has 0 bridgehead atoms. The predicted molar refractivity (Wildman–Crippen MR) is 58.4 cm³/mol. The highest BCUT2D eigenvalue weighted by atomic mass is 16.5. The van der Waals surface area contributed by atoms with E-state index in [0.717, 1.165) is 0 Å². The van der Waals surface area contributed by atoms with E-state index in [0.29, 0.717) is 13.0 Å². The Balaban J connectivity index is 4.39. The number of hydrogen-bond donors (Lipinski definition) is 2. The maximum Gasteiger partial charge on any atom is 0.253 e. The van der Waals surface area contributed by atoms with Crippen LogP contribution in [0.15, 0.2) is 0 Å². The molecule has 5 heteroatoms. The van der Waals surface area contributed by atoms with Gasteiger partial charge in [-0.05, 0) is 20.3 Å². The average molecular weight is 218 g/mol. The quantitative estimate of drug-likeness (QED) is 0.608. The number of aliphatic hydroxyl groups is 1. The second kappa shape index (κ2) is 7.62. The number of amides is 1. The third kappa shape index (κ3) is 4.59. The Morgan fingerprint density at radius 3 is 2.47 bits per heavy atom. The molecule has 0 aromatic carbocycles. The summed E-state index contributed by atoms with van der Waals surface area (Å²) in [6.07, 6.45) is -0.00336. The molecule has 0 radical (unpaired) electrons. The molecule has 0 aliphatic heterocycles. The van der Waals surface area contributed by atoms with Gasteiger partial charge in [0.25, 0.3) is 5.91 Å². The van der Waals surface area contributed by atoms with Gasteiger partial charge >= 0.3 is 0 Å². The number of aliphatic hydroxyl groups excluding tert-OH is 1. The van der Waals surface area contributed by atoms with Gasteiger partial charge in [-0.3, -0.25) is 4.79 Å². The highest BCUT2D eigenvalue weighted by Crippen LogP contribution is 2.04. The summed E-state index contributed by atoms with van der Waals surface area (Å²) in [5.74, 6) is -0.108. The Kier molecular flexibility index (Phi) is 7.29. The molecule has 0 aromatic heterocycles. The minimum Gasteiger partial charge on any atom is -0.396 e. The first kappa shape index (κ1) is 14.3. The van der Waals surface area contributed by atoms with Crippen molar-refractivity contribution in [1.82, 2.24) is 4.90 Å². The van der Waals surface area contributed by atoms with Crippen molar-refractivity contribution in [2.24, 2.45) is 5.73 Å². The van der Waals surface area contributed by atoms with Gasteiger partial charge in [0, 0.05) is 32.8 Å². The molecule has 15 heavy (non-hydrogen) atoms. The lowest BCUT2D eigenvalue weighted by Crippen LogP contribution is -2.47. The zero-order valence-electron chi connectivity index (χ0n) is 9.77. The molecular formula is C10H22N2O3. The fraction of sp³-hybridized carbons (Fsp3) is 0.900. The standard InChI is InChI=1S/C10H22N2O3/c1-8(2)12(5-4-6-13)10(14)9(7-11)15-3/h8-9,13H,4-7,11H2,1-3H3. The summed E-state index contributed by atoms with van der Waals surface area (Å²) in [6, 6.07) is 0.0910. The second-order valence-corrected chi connectivity index (χ2v) is 3.66. The van der Waals surface area contributed by atoms with Gasteiger partial charge in [0.1, 0.15) is 6.10 Å². The number of nitrogens with two attached hydrogens (primary N) is 1. The Labute approximate surface area is 91.2 Å². The van der Waals surface area contributed by atoms with Gasteiger partial charge in [-0.25, -0.2) is 0 Å². The highest BCUT2D eigenvalue weighted by Gasteiger charge is 2.24. The smallest absolute Gasteiger partial charge is 0.253 e. The molecule has 0 heterocycles. The van der Waals surface area contributed by atoms with Gasteiger partial charge in [-0.2, -0.15) is 0 Å². The van der Waals surface area contributed by atoms with Crippen molar-refractivity contribution in [2.75, 3.05) is 26.8 Å². The first-order chi connectivity index (χ1) is 7.08. The van der Waals surface area contributed by atoms with Crippen LogP contribution in [0.2, 0.25) is 0 Å². The molecule has 90 valence electrons. The zero-order chi connectivity index (χ0) is 11.8. The fourth-order valence-corrected chi connectivity index (χ4v) is 1.35. The first-order valence-electron chi connectivity index (χ1n) is 5.22. The van der Waals surface area contributed by atoms with E-state index >= 15 is 0 Å². The van der Waals surface area contributed by atoms with Crippen LogP contribution in [-0.4, -0.2) is 54.9 Å². The van der Waals surface area contributed by atoms with Crippen LogP contribution < -0.4 is 5.73 Å². The minimum absolute atomic E-state index is 0.0801. The van der Waals surface area contributed by atoms with Gasteiger partial charge in [0.15, 0.2) is 0 Å². The maximum absolute atomic E-state index is 11.9. The number of methoxy groups -OCH3 is 1. The number of carbonyl (C=O) groups excluding carboxylic acids is 1. The summed E-state index contributed by atoms with van der Waals surface area (Å²) < 4.78 is 4.99. The lowest BCUT2D eigenvalue weighted by Gasteiger charge is -2.29. The van der Waals surface area contributed by atoms with Crippen LogP contribution in [0.25, 0.3) is 0 Å². The summed E-state index contributed by atoms with van der Waals surface area (Å²) >= 11 is 0. The monoisotopic (exact) mass is 218 g/mol. The number of nitrogens with zero attached hydrogens (tertiary/aromatic N) is 1. The van der Waals surface area contributed by atoms with Crippen molar-refractivity contribution in [3.8, 4) is 0 Å². The highest BCUT2D eigenvalue weighted by molar-refractivity contribution is 5.81. The molecular weight excluding hydrogens is 196 g/mol. The van der Waals surface area contributed by atoms with Crippen LogP contribution in [0.3, 0.4) is 0 Å². The van der Waals surface area contributed by atoms with E-state index in [4.69, 9.17) is 15.6 Å². The summed E-state index contributed by atoms with van der Waals surface area (Å²) in [5, 5.41) is 8.74. The van der Waals surface area contributed by atoms with E-state index < -0.39 is 6.10 Å². The lowest BCUT2D eigenvalue weighted by atomic mass is 10.2. The topological polar surface area (TPSA) is 75.8 Å². The predicted octanol–water partition coefficient (Wildman–Crippen LogP) is -0.420. The van der Waals surface area contributed by atoms with Gasteiger partial charge in [0.05, 0.1) is 0 Å². The van der Waals surface area contributed by atoms with Gasteiger partial charge in [-0.1, -0.05) is 0 Å². The van der Waals surface area contributed by atoms with Crippen LogP contribution in [0.5, 0.6) is 0 Å². The molecule has 0 spiro atoms. The molecule has 1 amide bonds. The van der Waals surface area contributed by atoms with Crippen LogP contribution in [0.1, 0.15) is 20.3 Å². The average Bonchev–Trinajstić information content (AvgIpc) is 2.19. The Hall–Kier alpha value is -0.650. The van der Waals surface area contributed by atoms with E-state index in [9.17, 15) is 4.79 Å². The summed E-state index contributed by atoms with van der Waals surface area (Å²) in [6.45, 7) is 4.65. The second-order valence-electron chi connectivity index (χ2n) is 3.66. The van der Waals surface area contributed by atoms with Crippen molar-refractivity contribution in [3.05, 3.63) is 0 Å². The van der Waals surface area contributed by atoms with Crippen LogP contribution >= 0.6 is 0 Å². The van der Waals surface area contributed by atoms with Crippen LogP contribution in [-0.2, 0) is 9.53 Å². The number of carbonyl (C=O) groups is 1. The fourth-order valence-electron chi connectivity index (χ4n) is 1.35. The molecule has 1 atom stereocenters. The molecule has 0 rings (SSSR count). The van der Waals surface area contributed by atoms with Gasteiger partial charge < -0.3 is 20.5 Å². The van der Waals surface area contributed by atoms with Crippen LogP contribution in [0.4, 0.5) is 0 Å². The largest absolute Gasteiger partial charge is 0.396 e. The van der Waals surface area contributed by atoms with E-state index in [1.807, 2.05) is 13.8 Å². The summed E-state index contributed by atoms with van der Waals surface area (Å²) in [7, 11) is 1.47. The molecule has 1 unspecified atom stereocenters. The summed E-state index contributed by atoms with van der Waals surface area (Å²) in [5.41, 5.74) is 5.43. The molecule has 0 saturated carbocycles. The van der Waals surface area contributed by atoms with Crippen molar-refractivity contribution >= 4 is 5.91 Å². The van der Waals surface area contributed by atoms with E-state index in [1.54, 1.807) is 4.90 Å². The van der Waals surface area contributed by atoms with E-state index in [-0.39, 0.29) is 25.1 Å². The van der Waals surface area contributed by atoms with Crippen molar-refractivity contribution < 1.29 is 14.6 Å². The third-order valence-corrected chi connectivity index (χ3v) is 2.24. The number of hydrogen-bond acceptors (Lipinski definition) is 4. The lowest BCUT2D eigenvalue weighted by molar-refractivity contribution is -0.143. The van der Waals surface area contributed by atoms with Gasteiger partial charge in [0.2, 0.25) is 0 Å². The SMILES string of the molecule is COC(CN)C(=O)N(CCCO)C(C)C. The van der Waals surface area contributed by atoms with Crippen molar-refractivity contribution in [2.45, 2.75) is 32.4 Å². The minimum atomic E-state index is -0.578. The first-order valence-corrected chi connectivity index (χ1v) is 5.22. The zero-order valence-corrected chi connectivity index (χ0v) is 9.77. The third-order valence-electron chi connectivity index (χ3n) is 2.24.